The average molecular weight is 294 g/mol. The van der Waals surface area contributed by atoms with E-state index in [0.29, 0.717) is 0 Å². The van der Waals surface area contributed by atoms with Crippen LogP contribution in [0.4, 0.5) is 0 Å². The predicted molar refractivity (Wildman–Crippen MR) is 69.8 cm³/mol. The van der Waals surface area contributed by atoms with Crippen molar-refractivity contribution in [2.24, 2.45) is 0 Å². The minimum absolute atomic E-state index is 0.00986. The number of carboxylic acid groups (broad SMARTS) is 1. The maximum absolute atomic E-state index is 12.0. The Labute approximate surface area is 113 Å². The summed E-state index contributed by atoms with van der Waals surface area (Å²) in [5, 5.41) is 17.5. The number of carbonyl (C=O) groups is 1. The zero-order valence-corrected chi connectivity index (χ0v) is 11.9. The third-order valence-electron chi connectivity index (χ3n) is 3.46. The van der Waals surface area contributed by atoms with E-state index in [1.54, 1.807) is 0 Å². The molecule has 0 aromatic rings. The van der Waals surface area contributed by atoms with E-state index in [-0.39, 0.29) is 19.0 Å². The summed E-state index contributed by atoms with van der Waals surface area (Å²) < 4.78 is 27.6. The molecule has 0 heterocycles. The van der Waals surface area contributed by atoms with Gasteiger partial charge in [0, 0.05) is 19.6 Å². The normalized spacial score (nSPS) is 19.5. The number of aliphatic hydroxyl groups is 1. The Bertz CT molecular complexity index is 392. The fraction of sp³-hybridized carbons (Fsp3) is 0.909. The first kappa shape index (κ1) is 16.4. The minimum Gasteiger partial charge on any atom is -0.479 e. The molecule has 0 saturated heterocycles. The molecule has 3 N–H and O–H groups in total. The molecule has 19 heavy (non-hydrogen) atoms. The standard InChI is InChI=1S/C11H22N2O5S/c1-13(9-5-3-2-4-6-9)19(17,18)12-8-7-10(14)11(15)16/h9-10,12,14H,2-8H2,1H3,(H,15,16)/t10-/m0/s1. The smallest absolute Gasteiger partial charge is 0.332 e. The van der Waals surface area contributed by atoms with Crippen molar-refractivity contribution < 1.29 is 23.4 Å². The minimum atomic E-state index is -3.60. The van der Waals surface area contributed by atoms with Crippen LogP contribution in [0.25, 0.3) is 0 Å². The molecule has 0 spiro atoms. The van der Waals surface area contributed by atoms with Crippen LogP contribution >= 0.6 is 0 Å². The van der Waals surface area contributed by atoms with Crippen LogP contribution in [0.3, 0.4) is 0 Å². The maximum atomic E-state index is 12.0. The molecule has 8 heteroatoms. The summed E-state index contributed by atoms with van der Waals surface area (Å²) in [6, 6.07) is 0.00986. The zero-order valence-electron chi connectivity index (χ0n) is 11.1. The molecule has 1 rings (SSSR count). The van der Waals surface area contributed by atoms with Crippen LogP contribution in [0, 0.1) is 0 Å². The van der Waals surface area contributed by atoms with E-state index in [1.807, 2.05) is 0 Å². The lowest BCUT2D eigenvalue weighted by Crippen LogP contribution is -2.45. The van der Waals surface area contributed by atoms with E-state index in [1.165, 1.54) is 11.4 Å². The van der Waals surface area contributed by atoms with Gasteiger partial charge in [-0.2, -0.15) is 12.7 Å². The van der Waals surface area contributed by atoms with Crippen LogP contribution in [0.2, 0.25) is 0 Å². The monoisotopic (exact) mass is 294 g/mol. The number of aliphatic hydroxyl groups excluding tert-OH is 1. The Balaban J connectivity index is 2.43. The van der Waals surface area contributed by atoms with Gasteiger partial charge in [0.2, 0.25) is 0 Å². The molecular formula is C11H22N2O5S. The van der Waals surface area contributed by atoms with Gasteiger partial charge in [-0.05, 0) is 19.3 Å². The highest BCUT2D eigenvalue weighted by Gasteiger charge is 2.27. The molecule has 0 aliphatic heterocycles. The van der Waals surface area contributed by atoms with Crippen molar-refractivity contribution in [3.05, 3.63) is 0 Å². The molecule has 112 valence electrons. The molecule has 7 nitrogen and oxygen atoms in total. The van der Waals surface area contributed by atoms with Crippen molar-refractivity contribution in [1.82, 2.24) is 9.03 Å². The van der Waals surface area contributed by atoms with Crippen LogP contribution < -0.4 is 4.72 Å². The van der Waals surface area contributed by atoms with Gasteiger partial charge in [-0.15, -0.1) is 0 Å². The highest BCUT2D eigenvalue weighted by Crippen LogP contribution is 2.22. The van der Waals surface area contributed by atoms with Crippen LogP contribution in [0.15, 0.2) is 0 Å². The maximum Gasteiger partial charge on any atom is 0.332 e. The van der Waals surface area contributed by atoms with Gasteiger partial charge >= 0.3 is 5.97 Å². The molecule has 0 amide bonds. The number of hydrogen-bond acceptors (Lipinski definition) is 4. The Kier molecular flexibility index (Phi) is 6.18. The van der Waals surface area contributed by atoms with E-state index in [0.717, 1.165) is 32.1 Å². The fourth-order valence-corrected chi connectivity index (χ4v) is 3.37. The van der Waals surface area contributed by atoms with E-state index < -0.39 is 22.3 Å². The molecule has 0 aromatic heterocycles. The van der Waals surface area contributed by atoms with Crippen molar-refractivity contribution in [1.29, 1.82) is 0 Å². The summed E-state index contributed by atoms with van der Waals surface area (Å²) in [4.78, 5) is 10.4. The second kappa shape index (κ2) is 7.18. The van der Waals surface area contributed by atoms with Crippen molar-refractivity contribution in [3.8, 4) is 0 Å². The van der Waals surface area contributed by atoms with Crippen LogP contribution in [0.1, 0.15) is 38.5 Å². The first-order valence-electron chi connectivity index (χ1n) is 6.48. The summed E-state index contributed by atoms with van der Waals surface area (Å²) in [5.41, 5.74) is 0. The number of nitrogens with one attached hydrogen (secondary N) is 1. The van der Waals surface area contributed by atoms with Gasteiger partial charge < -0.3 is 10.2 Å². The second-order valence-electron chi connectivity index (χ2n) is 4.85. The molecular weight excluding hydrogens is 272 g/mol. The number of aliphatic carboxylic acids is 1. The lowest BCUT2D eigenvalue weighted by molar-refractivity contribution is -0.146. The molecule has 1 atom stereocenters. The van der Waals surface area contributed by atoms with Gasteiger partial charge in [0.05, 0.1) is 0 Å². The fourth-order valence-electron chi connectivity index (χ4n) is 2.19. The van der Waals surface area contributed by atoms with Gasteiger partial charge in [-0.3, -0.25) is 0 Å². The third kappa shape index (κ3) is 5.06. The number of hydrogen-bond donors (Lipinski definition) is 3. The average Bonchev–Trinajstić information content (AvgIpc) is 2.38. The van der Waals surface area contributed by atoms with Crippen LogP contribution in [-0.4, -0.2) is 54.6 Å². The molecule has 1 fully saturated rings. The Hall–Kier alpha value is -0.700. The summed E-state index contributed by atoms with van der Waals surface area (Å²) in [7, 11) is -2.07. The van der Waals surface area contributed by atoms with Crippen molar-refractivity contribution in [2.45, 2.75) is 50.7 Å². The summed E-state index contributed by atoms with van der Waals surface area (Å²) in [5.74, 6) is -1.35. The first-order valence-corrected chi connectivity index (χ1v) is 7.92. The van der Waals surface area contributed by atoms with Gasteiger partial charge in [0.15, 0.2) is 6.10 Å². The van der Waals surface area contributed by atoms with E-state index in [9.17, 15) is 13.2 Å². The largest absolute Gasteiger partial charge is 0.479 e. The first-order chi connectivity index (χ1) is 8.84. The lowest BCUT2D eigenvalue weighted by Gasteiger charge is -2.30. The Morgan fingerprint density at radius 3 is 2.47 bits per heavy atom. The second-order valence-corrected chi connectivity index (χ2v) is 6.66. The van der Waals surface area contributed by atoms with Crippen molar-refractivity contribution in [3.63, 3.8) is 0 Å². The zero-order chi connectivity index (χ0) is 14.5. The summed E-state index contributed by atoms with van der Waals surface area (Å²) in [6.45, 7) is -0.0904. The molecule has 1 aliphatic carbocycles. The molecule has 1 aliphatic rings. The molecule has 0 bridgehead atoms. The van der Waals surface area contributed by atoms with Crippen LogP contribution in [0.5, 0.6) is 0 Å². The van der Waals surface area contributed by atoms with Crippen molar-refractivity contribution in [2.75, 3.05) is 13.6 Å². The predicted octanol–water partition coefficient (Wildman–Crippen LogP) is -0.0791. The Morgan fingerprint density at radius 2 is 1.95 bits per heavy atom. The third-order valence-corrected chi connectivity index (χ3v) is 5.08. The van der Waals surface area contributed by atoms with Gasteiger partial charge in [0.25, 0.3) is 10.2 Å². The van der Waals surface area contributed by atoms with Crippen LogP contribution in [-0.2, 0) is 15.0 Å². The van der Waals surface area contributed by atoms with Gasteiger partial charge in [0.1, 0.15) is 0 Å². The number of nitrogens with zero attached hydrogens (tertiary/aromatic N) is 1. The molecule has 0 radical (unpaired) electrons. The van der Waals surface area contributed by atoms with E-state index in [2.05, 4.69) is 4.72 Å². The number of rotatable bonds is 7. The number of carboxylic acids is 1. The quantitative estimate of drug-likeness (QED) is 0.609. The SMILES string of the molecule is CN(C1CCCCC1)S(=O)(=O)NCC[C@H](O)C(=O)O. The highest BCUT2D eigenvalue weighted by molar-refractivity contribution is 7.87. The Morgan fingerprint density at radius 1 is 1.37 bits per heavy atom. The van der Waals surface area contributed by atoms with Gasteiger partial charge in [-0.25, -0.2) is 9.52 Å². The molecule has 0 aromatic carbocycles. The molecule has 1 saturated carbocycles. The van der Waals surface area contributed by atoms with E-state index >= 15 is 0 Å². The highest BCUT2D eigenvalue weighted by atomic mass is 32.2. The van der Waals surface area contributed by atoms with E-state index in [4.69, 9.17) is 10.2 Å². The summed E-state index contributed by atoms with van der Waals surface area (Å²) in [6.07, 6.45) is 3.23. The summed E-state index contributed by atoms with van der Waals surface area (Å²) >= 11 is 0. The van der Waals surface area contributed by atoms with Gasteiger partial charge in [-0.1, -0.05) is 19.3 Å². The topological polar surface area (TPSA) is 107 Å². The molecule has 0 unspecified atom stereocenters. The van der Waals surface area contributed by atoms with Crippen molar-refractivity contribution >= 4 is 16.2 Å². The lowest BCUT2D eigenvalue weighted by atomic mass is 9.96.